The fraction of sp³-hybridized carbons (Fsp3) is 0.111. The van der Waals surface area contributed by atoms with Gasteiger partial charge < -0.3 is 16.3 Å². The number of anilines is 2. The lowest BCUT2D eigenvalue weighted by molar-refractivity contribution is -0.116. The first-order valence-corrected chi connectivity index (χ1v) is 8.39. The van der Waals surface area contributed by atoms with Crippen molar-refractivity contribution in [3.63, 3.8) is 0 Å². The third-order valence-corrected chi connectivity index (χ3v) is 4.08. The summed E-state index contributed by atoms with van der Waals surface area (Å²) in [6.07, 6.45) is 0. The number of amides is 1. The zero-order chi connectivity index (χ0) is 19.4. The monoisotopic (exact) mass is 384 g/mol. The maximum Gasteiger partial charge on any atom is 0.246 e. The van der Waals surface area contributed by atoms with Crippen molar-refractivity contribution < 1.29 is 10.0 Å². The zero-order valence-corrected chi connectivity index (χ0v) is 15.2. The molecule has 1 aromatic heterocycles. The highest BCUT2D eigenvalue weighted by Gasteiger charge is 2.12. The molecule has 1 amide bonds. The van der Waals surface area contributed by atoms with Crippen LogP contribution < -0.4 is 11.1 Å². The normalized spacial score (nSPS) is 11.4. The standard InChI is InChI=1S/C18H17ClN6O2/c1-11(24-27)12-4-8-15(9-5-12)21-16(26)10-25-18(20)22-17(23-25)13-2-6-14(19)7-3-13/h2-9,27H,10H2,1H3,(H,21,26)(H2,20,22,23)/b24-11+. The molecule has 8 nitrogen and oxygen atoms in total. The number of hydrogen-bond acceptors (Lipinski definition) is 6. The number of hydrogen-bond donors (Lipinski definition) is 3. The van der Waals surface area contributed by atoms with Gasteiger partial charge in [-0.05, 0) is 48.9 Å². The predicted molar refractivity (Wildman–Crippen MR) is 104 cm³/mol. The fourth-order valence-electron chi connectivity index (χ4n) is 2.38. The van der Waals surface area contributed by atoms with E-state index in [4.69, 9.17) is 22.5 Å². The third kappa shape index (κ3) is 4.42. The average molecular weight is 385 g/mol. The van der Waals surface area contributed by atoms with Crippen LogP contribution in [-0.2, 0) is 11.3 Å². The minimum atomic E-state index is -0.297. The summed E-state index contributed by atoms with van der Waals surface area (Å²) in [6, 6.07) is 13.9. The molecule has 0 spiro atoms. The van der Waals surface area contributed by atoms with E-state index in [1.165, 1.54) is 4.68 Å². The van der Waals surface area contributed by atoms with Gasteiger partial charge in [-0.15, -0.1) is 5.10 Å². The van der Waals surface area contributed by atoms with Gasteiger partial charge in [0.05, 0.1) is 5.71 Å². The van der Waals surface area contributed by atoms with Crippen molar-refractivity contribution in [2.75, 3.05) is 11.1 Å². The Morgan fingerprint density at radius 1 is 1.22 bits per heavy atom. The second-order valence-electron chi connectivity index (χ2n) is 5.77. The zero-order valence-electron chi connectivity index (χ0n) is 14.4. The van der Waals surface area contributed by atoms with Gasteiger partial charge in [-0.25, -0.2) is 4.68 Å². The summed E-state index contributed by atoms with van der Waals surface area (Å²) in [6.45, 7) is 1.60. The number of halogens is 1. The molecule has 3 rings (SSSR count). The summed E-state index contributed by atoms with van der Waals surface area (Å²) in [5.74, 6) is 0.259. The fourth-order valence-corrected chi connectivity index (χ4v) is 2.51. The van der Waals surface area contributed by atoms with Gasteiger partial charge in [-0.2, -0.15) is 4.98 Å². The first kappa shape index (κ1) is 18.4. The van der Waals surface area contributed by atoms with Gasteiger partial charge in [0.2, 0.25) is 11.9 Å². The molecule has 0 unspecified atom stereocenters. The molecule has 9 heteroatoms. The number of aromatic nitrogens is 3. The molecule has 2 aromatic carbocycles. The topological polar surface area (TPSA) is 118 Å². The van der Waals surface area contributed by atoms with Gasteiger partial charge in [-0.3, -0.25) is 4.79 Å². The number of rotatable bonds is 5. The van der Waals surface area contributed by atoms with Crippen LogP contribution in [0.2, 0.25) is 5.02 Å². The summed E-state index contributed by atoms with van der Waals surface area (Å²) in [7, 11) is 0. The summed E-state index contributed by atoms with van der Waals surface area (Å²) >= 11 is 5.87. The number of oxime groups is 1. The van der Waals surface area contributed by atoms with E-state index >= 15 is 0 Å². The summed E-state index contributed by atoms with van der Waals surface area (Å²) in [5, 5.41) is 19.5. The summed E-state index contributed by atoms with van der Waals surface area (Å²) in [4.78, 5) is 16.4. The van der Waals surface area contributed by atoms with Crippen LogP contribution in [0.3, 0.4) is 0 Å². The van der Waals surface area contributed by atoms with Gasteiger partial charge in [-0.1, -0.05) is 28.9 Å². The van der Waals surface area contributed by atoms with E-state index in [2.05, 4.69) is 20.6 Å². The van der Waals surface area contributed by atoms with E-state index in [1.807, 2.05) is 0 Å². The Morgan fingerprint density at radius 2 is 1.89 bits per heavy atom. The van der Waals surface area contributed by atoms with Crippen molar-refractivity contribution >= 4 is 34.9 Å². The predicted octanol–water partition coefficient (Wildman–Crippen LogP) is 3.02. The van der Waals surface area contributed by atoms with Gasteiger partial charge in [0.1, 0.15) is 6.54 Å². The summed E-state index contributed by atoms with van der Waals surface area (Å²) < 4.78 is 1.33. The molecule has 4 N–H and O–H groups in total. The van der Waals surface area contributed by atoms with Crippen LogP contribution >= 0.6 is 11.6 Å². The molecule has 138 valence electrons. The van der Waals surface area contributed by atoms with E-state index in [0.717, 1.165) is 11.1 Å². The van der Waals surface area contributed by atoms with Crippen molar-refractivity contribution in [1.82, 2.24) is 14.8 Å². The molecule has 0 atom stereocenters. The Hall–Kier alpha value is -3.39. The number of nitrogens with zero attached hydrogens (tertiary/aromatic N) is 4. The smallest absolute Gasteiger partial charge is 0.246 e. The van der Waals surface area contributed by atoms with Crippen molar-refractivity contribution in [3.05, 3.63) is 59.1 Å². The van der Waals surface area contributed by atoms with Gasteiger partial charge in [0.25, 0.3) is 0 Å². The molecule has 0 aliphatic carbocycles. The number of benzene rings is 2. The highest BCUT2D eigenvalue weighted by molar-refractivity contribution is 6.30. The van der Waals surface area contributed by atoms with Crippen LogP contribution in [0, 0.1) is 0 Å². The van der Waals surface area contributed by atoms with E-state index in [-0.39, 0.29) is 18.4 Å². The van der Waals surface area contributed by atoms with E-state index < -0.39 is 0 Å². The van der Waals surface area contributed by atoms with E-state index in [0.29, 0.717) is 22.2 Å². The highest BCUT2D eigenvalue weighted by atomic mass is 35.5. The molecule has 0 radical (unpaired) electrons. The summed E-state index contributed by atoms with van der Waals surface area (Å²) in [5.41, 5.74) is 8.46. The van der Waals surface area contributed by atoms with E-state index in [9.17, 15) is 4.79 Å². The lowest BCUT2D eigenvalue weighted by atomic mass is 10.1. The molecule has 1 heterocycles. The number of nitrogens with one attached hydrogen (secondary N) is 1. The Morgan fingerprint density at radius 3 is 2.52 bits per heavy atom. The maximum absolute atomic E-state index is 12.3. The van der Waals surface area contributed by atoms with Crippen LogP contribution in [0.5, 0.6) is 0 Å². The Balaban J connectivity index is 1.68. The molecule has 0 aliphatic heterocycles. The van der Waals surface area contributed by atoms with E-state index in [1.54, 1.807) is 55.5 Å². The minimum Gasteiger partial charge on any atom is -0.411 e. The number of carbonyl (C=O) groups is 1. The van der Waals surface area contributed by atoms with Gasteiger partial charge in [0.15, 0.2) is 5.82 Å². The molecule has 0 saturated carbocycles. The first-order valence-electron chi connectivity index (χ1n) is 8.01. The Labute approximate surface area is 160 Å². The highest BCUT2D eigenvalue weighted by Crippen LogP contribution is 2.19. The Bertz CT molecular complexity index is 980. The third-order valence-electron chi connectivity index (χ3n) is 3.83. The SMILES string of the molecule is C/C(=N\O)c1ccc(NC(=O)Cn2nc(-c3ccc(Cl)cc3)nc2N)cc1. The molecule has 0 bridgehead atoms. The van der Waals surface area contributed by atoms with Crippen LogP contribution in [-0.4, -0.2) is 31.6 Å². The van der Waals surface area contributed by atoms with Crippen molar-refractivity contribution in [2.24, 2.45) is 5.16 Å². The van der Waals surface area contributed by atoms with Crippen LogP contribution in [0.25, 0.3) is 11.4 Å². The number of nitrogen functional groups attached to an aromatic ring is 1. The molecule has 0 saturated heterocycles. The molecule has 27 heavy (non-hydrogen) atoms. The van der Waals surface area contributed by atoms with Crippen LogP contribution in [0.1, 0.15) is 12.5 Å². The largest absolute Gasteiger partial charge is 0.411 e. The lowest BCUT2D eigenvalue weighted by Gasteiger charge is -2.07. The second kappa shape index (κ2) is 7.88. The van der Waals surface area contributed by atoms with Gasteiger partial charge in [0, 0.05) is 16.3 Å². The van der Waals surface area contributed by atoms with Crippen molar-refractivity contribution in [2.45, 2.75) is 13.5 Å². The number of carbonyl (C=O) groups excluding carboxylic acids is 1. The van der Waals surface area contributed by atoms with Crippen LogP contribution in [0.15, 0.2) is 53.7 Å². The minimum absolute atomic E-state index is 0.0781. The van der Waals surface area contributed by atoms with Crippen molar-refractivity contribution in [1.29, 1.82) is 0 Å². The molecule has 3 aromatic rings. The van der Waals surface area contributed by atoms with Gasteiger partial charge >= 0.3 is 0 Å². The average Bonchev–Trinajstić information content (AvgIpc) is 3.02. The molecular formula is C18H17ClN6O2. The Kier molecular flexibility index (Phi) is 5.37. The first-order chi connectivity index (χ1) is 13.0. The molecular weight excluding hydrogens is 368 g/mol. The molecule has 0 fully saturated rings. The lowest BCUT2D eigenvalue weighted by Crippen LogP contribution is -2.20. The second-order valence-corrected chi connectivity index (χ2v) is 6.21. The maximum atomic E-state index is 12.3. The number of nitrogens with two attached hydrogens (primary N) is 1. The molecule has 0 aliphatic rings. The van der Waals surface area contributed by atoms with Crippen LogP contribution in [0.4, 0.5) is 11.6 Å². The quantitative estimate of drug-likeness (QED) is 0.355. The van der Waals surface area contributed by atoms with Crippen molar-refractivity contribution in [3.8, 4) is 11.4 Å².